The van der Waals surface area contributed by atoms with Crippen LogP contribution in [0.1, 0.15) is 27.0 Å². The van der Waals surface area contributed by atoms with Crippen LogP contribution >= 0.6 is 11.8 Å². The Bertz CT molecular complexity index is 840. The molecule has 112 valence electrons. The van der Waals surface area contributed by atoms with Gasteiger partial charge in [-0.05, 0) is 30.2 Å². The Hall–Kier alpha value is -2.59. The molecule has 0 aliphatic heterocycles. The average molecular weight is 318 g/mol. The molecule has 2 rings (SSSR count). The summed E-state index contributed by atoms with van der Waals surface area (Å²) in [5.41, 5.74) is 0.792. The lowest BCUT2D eigenvalue weighted by molar-refractivity contribution is 0.0692. The monoisotopic (exact) mass is 318 g/mol. The van der Waals surface area contributed by atoms with E-state index in [9.17, 15) is 14.0 Å². The molecular formula is C15H11FN2O3S. The van der Waals surface area contributed by atoms with Gasteiger partial charge in [0.2, 0.25) is 5.56 Å². The van der Waals surface area contributed by atoms with E-state index in [0.717, 1.165) is 6.07 Å². The highest BCUT2D eigenvalue weighted by atomic mass is 32.2. The predicted octanol–water partition coefficient (Wildman–Crippen LogP) is 2.68. The molecule has 0 aliphatic carbocycles. The van der Waals surface area contributed by atoms with Crippen molar-refractivity contribution in [3.05, 3.63) is 62.7 Å². The molecule has 0 bridgehead atoms. The molecule has 0 saturated carbocycles. The number of H-pyrrole nitrogens is 1. The molecule has 0 aliphatic rings. The van der Waals surface area contributed by atoms with Gasteiger partial charge in [-0.25, -0.2) is 9.18 Å². The lowest BCUT2D eigenvalue weighted by Crippen LogP contribution is -2.08. The number of carboxylic acids is 1. The number of aromatic amines is 1. The average Bonchev–Trinajstić information content (AvgIpc) is 2.45. The van der Waals surface area contributed by atoms with Crippen molar-refractivity contribution in [3.63, 3.8) is 0 Å². The van der Waals surface area contributed by atoms with E-state index in [4.69, 9.17) is 10.4 Å². The van der Waals surface area contributed by atoms with Crippen LogP contribution in [0.4, 0.5) is 4.39 Å². The second-order valence-corrected chi connectivity index (χ2v) is 5.53. The van der Waals surface area contributed by atoms with Crippen molar-refractivity contribution in [2.24, 2.45) is 0 Å². The first-order chi connectivity index (χ1) is 10.4. The Morgan fingerprint density at radius 2 is 2.18 bits per heavy atom. The highest BCUT2D eigenvalue weighted by Gasteiger charge is 2.12. The molecule has 0 spiro atoms. The van der Waals surface area contributed by atoms with Crippen LogP contribution in [0.15, 0.2) is 34.1 Å². The fourth-order valence-corrected chi connectivity index (χ4v) is 2.90. The number of nitriles is 1. The molecule has 0 atom stereocenters. The van der Waals surface area contributed by atoms with Crippen molar-refractivity contribution in [3.8, 4) is 6.07 Å². The zero-order valence-corrected chi connectivity index (χ0v) is 12.3. The number of hydrogen-bond donors (Lipinski definition) is 2. The van der Waals surface area contributed by atoms with Crippen molar-refractivity contribution in [1.29, 1.82) is 5.26 Å². The van der Waals surface area contributed by atoms with E-state index in [1.165, 1.54) is 30.0 Å². The lowest BCUT2D eigenvalue weighted by Gasteiger charge is -2.07. The van der Waals surface area contributed by atoms with Crippen LogP contribution in [0.25, 0.3) is 0 Å². The molecule has 0 saturated heterocycles. The first-order valence-electron chi connectivity index (χ1n) is 6.21. The highest BCUT2D eigenvalue weighted by molar-refractivity contribution is 7.98. The summed E-state index contributed by atoms with van der Waals surface area (Å²) in [6, 6.07) is 7.15. The number of aryl methyl sites for hydroxylation is 1. The minimum absolute atomic E-state index is 0.300. The summed E-state index contributed by atoms with van der Waals surface area (Å²) in [5.74, 6) is -1.84. The zero-order chi connectivity index (χ0) is 16.3. The number of rotatable bonds is 4. The van der Waals surface area contributed by atoms with Crippen LogP contribution in [0.5, 0.6) is 0 Å². The summed E-state index contributed by atoms with van der Waals surface area (Å²) in [4.78, 5) is 25.0. The van der Waals surface area contributed by atoms with E-state index in [2.05, 4.69) is 4.98 Å². The Morgan fingerprint density at radius 1 is 1.45 bits per heavy atom. The summed E-state index contributed by atoms with van der Waals surface area (Å²) in [5, 5.41) is 18.4. The molecule has 2 aromatic rings. The van der Waals surface area contributed by atoms with E-state index in [1.807, 2.05) is 6.07 Å². The second-order valence-electron chi connectivity index (χ2n) is 4.54. The van der Waals surface area contributed by atoms with Gasteiger partial charge >= 0.3 is 5.97 Å². The van der Waals surface area contributed by atoms with Crippen molar-refractivity contribution in [1.82, 2.24) is 4.98 Å². The Balaban J connectivity index is 2.28. The Morgan fingerprint density at radius 3 is 2.82 bits per heavy atom. The standard InChI is InChI=1S/C15H11FN2O3S/c1-8-4-13(19)18-14(11(8)6-17)22-7-9-2-3-12(16)10(5-9)15(20)21/h2-5H,7H2,1H3,(H,18,19)(H,20,21). The molecule has 1 aromatic carbocycles. The van der Waals surface area contributed by atoms with E-state index in [1.54, 1.807) is 6.92 Å². The summed E-state index contributed by atoms with van der Waals surface area (Å²) < 4.78 is 13.3. The van der Waals surface area contributed by atoms with Gasteiger partial charge in [0.25, 0.3) is 0 Å². The van der Waals surface area contributed by atoms with Gasteiger partial charge in [0.15, 0.2) is 0 Å². The van der Waals surface area contributed by atoms with Gasteiger partial charge in [0, 0.05) is 11.8 Å². The molecule has 22 heavy (non-hydrogen) atoms. The number of hydrogen-bond acceptors (Lipinski definition) is 4. The summed E-state index contributed by atoms with van der Waals surface area (Å²) in [6.07, 6.45) is 0. The first-order valence-corrected chi connectivity index (χ1v) is 7.19. The van der Waals surface area contributed by atoms with Crippen molar-refractivity contribution in [2.75, 3.05) is 0 Å². The van der Waals surface area contributed by atoms with Gasteiger partial charge in [0.1, 0.15) is 11.9 Å². The zero-order valence-electron chi connectivity index (χ0n) is 11.5. The number of aromatic carboxylic acids is 1. The van der Waals surface area contributed by atoms with Gasteiger partial charge in [-0.15, -0.1) is 11.8 Å². The third-order valence-electron chi connectivity index (χ3n) is 2.96. The maximum atomic E-state index is 13.3. The first kappa shape index (κ1) is 15.8. The van der Waals surface area contributed by atoms with E-state index in [-0.39, 0.29) is 5.56 Å². The molecule has 0 radical (unpaired) electrons. The molecule has 2 N–H and O–H groups in total. The summed E-state index contributed by atoms with van der Waals surface area (Å²) in [6.45, 7) is 1.66. The van der Waals surface area contributed by atoms with Gasteiger partial charge < -0.3 is 10.1 Å². The number of pyridine rings is 1. The third-order valence-corrected chi connectivity index (χ3v) is 4.03. The topological polar surface area (TPSA) is 93.9 Å². The van der Waals surface area contributed by atoms with Crippen LogP contribution < -0.4 is 5.56 Å². The van der Waals surface area contributed by atoms with Gasteiger partial charge in [-0.2, -0.15) is 5.26 Å². The van der Waals surface area contributed by atoms with Crippen LogP contribution in [-0.2, 0) is 5.75 Å². The Kier molecular flexibility index (Phi) is 4.63. The third kappa shape index (κ3) is 3.35. The van der Waals surface area contributed by atoms with Crippen LogP contribution in [0.3, 0.4) is 0 Å². The lowest BCUT2D eigenvalue weighted by atomic mass is 10.1. The number of nitrogens with one attached hydrogen (secondary N) is 1. The van der Waals surface area contributed by atoms with E-state index < -0.39 is 17.3 Å². The normalized spacial score (nSPS) is 10.2. The van der Waals surface area contributed by atoms with E-state index in [0.29, 0.717) is 27.5 Å². The number of nitrogens with zero attached hydrogens (tertiary/aromatic N) is 1. The second kappa shape index (κ2) is 6.45. The number of carbonyl (C=O) groups is 1. The van der Waals surface area contributed by atoms with Gasteiger partial charge in [-0.3, -0.25) is 4.79 Å². The number of thioether (sulfide) groups is 1. The minimum Gasteiger partial charge on any atom is -0.478 e. The van der Waals surface area contributed by atoms with Crippen molar-refractivity contribution < 1.29 is 14.3 Å². The molecule has 0 unspecified atom stereocenters. The maximum Gasteiger partial charge on any atom is 0.338 e. The maximum absolute atomic E-state index is 13.3. The van der Waals surface area contributed by atoms with Gasteiger partial charge in [-0.1, -0.05) is 6.07 Å². The van der Waals surface area contributed by atoms with E-state index >= 15 is 0 Å². The number of aromatic nitrogens is 1. The number of halogens is 1. The molecule has 5 nitrogen and oxygen atoms in total. The van der Waals surface area contributed by atoms with Crippen molar-refractivity contribution in [2.45, 2.75) is 17.7 Å². The Labute approximate surface area is 129 Å². The SMILES string of the molecule is Cc1cc(=O)[nH]c(SCc2ccc(F)c(C(=O)O)c2)c1C#N. The number of benzene rings is 1. The van der Waals surface area contributed by atoms with Crippen LogP contribution in [-0.4, -0.2) is 16.1 Å². The quantitative estimate of drug-likeness (QED) is 0.845. The van der Waals surface area contributed by atoms with Gasteiger partial charge in [0.05, 0.1) is 16.2 Å². The van der Waals surface area contributed by atoms with Crippen molar-refractivity contribution >= 4 is 17.7 Å². The molecule has 7 heteroatoms. The highest BCUT2D eigenvalue weighted by Crippen LogP contribution is 2.25. The molecular weight excluding hydrogens is 307 g/mol. The molecule has 1 heterocycles. The predicted molar refractivity (Wildman–Crippen MR) is 79.4 cm³/mol. The summed E-state index contributed by atoms with van der Waals surface area (Å²) >= 11 is 1.19. The van der Waals surface area contributed by atoms with Crippen LogP contribution in [0.2, 0.25) is 0 Å². The van der Waals surface area contributed by atoms with Crippen LogP contribution in [0, 0.1) is 24.1 Å². The fourth-order valence-electron chi connectivity index (χ4n) is 1.89. The molecule has 1 aromatic heterocycles. The summed E-state index contributed by atoms with van der Waals surface area (Å²) in [7, 11) is 0. The molecule has 0 amide bonds. The smallest absolute Gasteiger partial charge is 0.338 e. The molecule has 0 fully saturated rings. The largest absolute Gasteiger partial charge is 0.478 e. The minimum atomic E-state index is -1.34. The number of carboxylic acid groups (broad SMARTS) is 1. The fraction of sp³-hybridized carbons (Fsp3) is 0.133.